The predicted molar refractivity (Wildman–Crippen MR) is 62.3 cm³/mol. The van der Waals surface area contributed by atoms with Gasteiger partial charge in [-0.05, 0) is 36.8 Å². The molecule has 0 atom stereocenters. The quantitative estimate of drug-likeness (QED) is 0.802. The highest BCUT2D eigenvalue weighted by Crippen LogP contribution is 2.28. The number of nitrogens with zero attached hydrogens (tertiary/aromatic N) is 1. The van der Waals surface area contributed by atoms with E-state index < -0.39 is 11.6 Å². The van der Waals surface area contributed by atoms with Gasteiger partial charge in [-0.3, -0.25) is 0 Å². The van der Waals surface area contributed by atoms with Gasteiger partial charge in [0.1, 0.15) is 17.6 Å². The van der Waals surface area contributed by atoms with E-state index in [1.165, 1.54) is 12.1 Å². The third-order valence-electron chi connectivity index (χ3n) is 2.44. The molecule has 0 heterocycles. The van der Waals surface area contributed by atoms with Crippen molar-refractivity contribution in [3.8, 4) is 17.6 Å². The van der Waals surface area contributed by atoms with Crippen molar-refractivity contribution in [3.05, 3.63) is 59.2 Å². The SMILES string of the molecule is Cc1cccc(Oc2ccc(F)cc2C#N)c1F. The van der Waals surface area contributed by atoms with Gasteiger partial charge in [0.2, 0.25) is 0 Å². The molecule has 0 radical (unpaired) electrons. The van der Waals surface area contributed by atoms with E-state index in [2.05, 4.69) is 0 Å². The fraction of sp³-hybridized carbons (Fsp3) is 0.0714. The van der Waals surface area contributed by atoms with Crippen molar-refractivity contribution in [2.24, 2.45) is 0 Å². The van der Waals surface area contributed by atoms with Crippen LogP contribution in [0.2, 0.25) is 0 Å². The van der Waals surface area contributed by atoms with E-state index in [9.17, 15) is 8.78 Å². The van der Waals surface area contributed by atoms with Gasteiger partial charge in [0, 0.05) is 0 Å². The predicted octanol–water partition coefficient (Wildman–Crippen LogP) is 3.94. The van der Waals surface area contributed by atoms with Gasteiger partial charge >= 0.3 is 0 Å². The largest absolute Gasteiger partial charge is 0.453 e. The molecule has 18 heavy (non-hydrogen) atoms. The molecule has 2 aromatic carbocycles. The first-order valence-corrected chi connectivity index (χ1v) is 5.24. The van der Waals surface area contributed by atoms with Gasteiger partial charge in [-0.1, -0.05) is 12.1 Å². The minimum Gasteiger partial charge on any atom is -0.453 e. The zero-order valence-corrected chi connectivity index (χ0v) is 9.58. The Bertz CT molecular complexity index is 632. The van der Waals surface area contributed by atoms with Gasteiger partial charge in [0.05, 0.1) is 5.56 Å². The molecule has 0 saturated carbocycles. The summed E-state index contributed by atoms with van der Waals surface area (Å²) in [5.74, 6) is -0.893. The zero-order valence-electron chi connectivity index (χ0n) is 9.58. The average Bonchev–Trinajstić information content (AvgIpc) is 2.37. The van der Waals surface area contributed by atoms with E-state index in [0.29, 0.717) is 5.56 Å². The van der Waals surface area contributed by atoms with Crippen molar-refractivity contribution >= 4 is 0 Å². The molecule has 2 nitrogen and oxygen atoms in total. The van der Waals surface area contributed by atoms with Crippen molar-refractivity contribution < 1.29 is 13.5 Å². The van der Waals surface area contributed by atoms with Crippen LogP contribution in [0.3, 0.4) is 0 Å². The maximum Gasteiger partial charge on any atom is 0.168 e. The molecule has 0 aliphatic heterocycles. The number of ether oxygens (including phenoxy) is 1. The molecule has 0 bridgehead atoms. The second-order valence-electron chi connectivity index (χ2n) is 3.74. The molecule has 0 aromatic heterocycles. The number of nitriles is 1. The minimum atomic E-state index is -0.538. The first kappa shape index (κ1) is 12.1. The van der Waals surface area contributed by atoms with Gasteiger partial charge in [-0.25, -0.2) is 8.78 Å². The Morgan fingerprint density at radius 3 is 2.61 bits per heavy atom. The number of benzene rings is 2. The lowest BCUT2D eigenvalue weighted by atomic mass is 10.2. The summed E-state index contributed by atoms with van der Waals surface area (Å²) in [6.45, 7) is 1.61. The number of hydrogen-bond donors (Lipinski definition) is 0. The molecule has 4 heteroatoms. The summed E-state index contributed by atoms with van der Waals surface area (Å²) in [5, 5.41) is 8.85. The van der Waals surface area contributed by atoms with Gasteiger partial charge in [-0.2, -0.15) is 5.26 Å². The summed E-state index contributed by atoms with van der Waals surface area (Å²) in [4.78, 5) is 0. The van der Waals surface area contributed by atoms with Crippen LogP contribution in [0.25, 0.3) is 0 Å². The van der Waals surface area contributed by atoms with Crippen LogP contribution >= 0.6 is 0 Å². The smallest absolute Gasteiger partial charge is 0.168 e. The zero-order chi connectivity index (χ0) is 13.1. The third-order valence-corrected chi connectivity index (χ3v) is 2.44. The molecule has 0 saturated heterocycles. The lowest BCUT2D eigenvalue weighted by Gasteiger charge is -2.09. The number of halogens is 2. The number of rotatable bonds is 2. The highest BCUT2D eigenvalue weighted by molar-refractivity contribution is 5.46. The van der Waals surface area contributed by atoms with Crippen LogP contribution in [0.5, 0.6) is 11.5 Å². The van der Waals surface area contributed by atoms with E-state index in [0.717, 1.165) is 12.1 Å². The molecule has 0 spiro atoms. The Morgan fingerprint density at radius 2 is 1.89 bits per heavy atom. The Labute approximate surface area is 103 Å². The fourth-order valence-corrected chi connectivity index (χ4v) is 1.50. The monoisotopic (exact) mass is 245 g/mol. The van der Waals surface area contributed by atoms with Crippen molar-refractivity contribution in [3.63, 3.8) is 0 Å². The second-order valence-corrected chi connectivity index (χ2v) is 3.74. The van der Waals surface area contributed by atoms with Gasteiger partial charge in [-0.15, -0.1) is 0 Å². The van der Waals surface area contributed by atoms with Crippen molar-refractivity contribution in [1.29, 1.82) is 5.26 Å². The molecule has 90 valence electrons. The summed E-state index contributed by atoms with van der Waals surface area (Å²) < 4.78 is 32.0. The van der Waals surface area contributed by atoms with Crippen LogP contribution in [-0.2, 0) is 0 Å². The molecular formula is C14H9F2NO. The summed E-state index contributed by atoms with van der Waals surface area (Å²) in [6.07, 6.45) is 0. The van der Waals surface area contributed by atoms with Crippen LogP contribution < -0.4 is 4.74 Å². The Morgan fingerprint density at radius 1 is 1.11 bits per heavy atom. The van der Waals surface area contributed by atoms with Crippen LogP contribution in [0, 0.1) is 29.9 Å². The Kier molecular flexibility index (Phi) is 3.24. The van der Waals surface area contributed by atoms with Crippen LogP contribution in [0.1, 0.15) is 11.1 Å². The van der Waals surface area contributed by atoms with E-state index in [4.69, 9.17) is 10.00 Å². The molecule has 2 aromatic rings. The molecule has 0 unspecified atom stereocenters. The number of aryl methyl sites for hydroxylation is 1. The summed E-state index contributed by atoms with van der Waals surface area (Å²) >= 11 is 0. The minimum absolute atomic E-state index is 0.0121. The maximum atomic E-state index is 13.7. The average molecular weight is 245 g/mol. The summed E-state index contributed by atoms with van der Waals surface area (Å²) in [7, 11) is 0. The molecule has 2 rings (SSSR count). The topological polar surface area (TPSA) is 33.0 Å². The molecule has 0 aliphatic rings. The molecule has 0 fully saturated rings. The Balaban J connectivity index is 2.41. The van der Waals surface area contributed by atoms with Gasteiger partial charge in [0.15, 0.2) is 11.6 Å². The molecule has 0 N–H and O–H groups in total. The van der Waals surface area contributed by atoms with Crippen LogP contribution in [-0.4, -0.2) is 0 Å². The fourth-order valence-electron chi connectivity index (χ4n) is 1.50. The molecular weight excluding hydrogens is 236 g/mol. The highest BCUT2D eigenvalue weighted by Gasteiger charge is 2.10. The summed E-state index contributed by atoms with van der Waals surface area (Å²) in [5.41, 5.74) is 0.462. The van der Waals surface area contributed by atoms with E-state index in [1.807, 2.05) is 0 Å². The van der Waals surface area contributed by atoms with Crippen molar-refractivity contribution in [1.82, 2.24) is 0 Å². The maximum absolute atomic E-state index is 13.7. The van der Waals surface area contributed by atoms with Crippen LogP contribution in [0.15, 0.2) is 36.4 Å². The van der Waals surface area contributed by atoms with Crippen molar-refractivity contribution in [2.45, 2.75) is 6.92 Å². The van der Waals surface area contributed by atoms with Gasteiger partial charge < -0.3 is 4.74 Å². The molecule has 0 amide bonds. The third kappa shape index (κ3) is 2.30. The highest BCUT2D eigenvalue weighted by atomic mass is 19.1. The van der Waals surface area contributed by atoms with Crippen LogP contribution in [0.4, 0.5) is 8.78 Å². The lowest BCUT2D eigenvalue weighted by molar-refractivity contribution is 0.438. The lowest BCUT2D eigenvalue weighted by Crippen LogP contribution is -1.93. The normalized spacial score (nSPS) is 9.89. The van der Waals surface area contributed by atoms with Gasteiger partial charge in [0.25, 0.3) is 0 Å². The molecule has 0 aliphatic carbocycles. The van der Waals surface area contributed by atoms with Crippen molar-refractivity contribution in [2.75, 3.05) is 0 Å². The number of hydrogen-bond acceptors (Lipinski definition) is 2. The second kappa shape index (κ2) is 4.84. The first-order chi connectivity index (χ1) is 8.61. The Hall–Kier alpha value is -2.41. The first-order valence-electron chi connectivity index (χ1n) is 5.24. The summed E-state index contributed by atoms with van der Waals surface area (Å²) in [6, 6.07) is 10.0. The van der Waals surface area contributed by atoms with E-state index >= 15 is 0 Å². The van der Waals surface area contributed by atoms with E-state index in [1.54, 1.807) is 25.1 Å². The van der Waals surface area contributed by atoms with E-state index in [-0.39, 0.29) is 17.1 Å². The standard InChI is InChI=1S/C14H9F2NO/c1-9-3-2-4-13(14(9)16)18-12-6-5-11(15)7-10(12)8-17/h2-7H,1H3.